The summed E-state index contributed by atoms with van der Waals surface area (Å²) in [5.74, 6) is 1.28. The van der Waals surface area contributed by atoms with Gasteiger partial charge in [0, 0.05) is 38.2 Å². The van der Waals surface area contributed by atoms with E-state index in [2.05, 4.69) is 15.5 Å². The second-order valence-corrected chi connectivity index (χ2v) is 8.36. The standard InChI is InChI=1S/C21H22ClN5O4/c22-20-18(5-7-23-25-20)31-15-3-1-13(2-4-15)14-9-27(10-14)21(29)26-8-6-17-16(11-26)24-19(28)12-30-17/h1-5,7,14,16-17H,6,8-12H2,(H,24,28)/t16-,17+/m1/s1. The number of likely N-dealkylation sites (tertiary alicyclic amines) is 2. The quantitative estimate of drug-likeness (QED) is 0.779. The maximum absolute atomic E-state index is 12.9. The average molecular weight is 444 g/mol. The first kappa shape index (κ1) is 20.0. The topological polar surface area (TPSA) is 96.9 Å². The van der Waals surface area contributed by atoms with Crippen LogP contribution in [0.25, 0.3) is 0 Å². The molecular weight excluding hydrogens is 422 g/mol. The molecule has 3 aliphatic rings. The summed E-state index contributed by atoms with van der Waals surface area (Å²) in [6, 6.07) is 9.34. The Bertz CT molecular complexity index is 982. The van der Waals surface area contributed by atoms with Crippen LogP contribution in [0.2, 0.25) is 5.15 Å². The van der Waals surface area contributed by atoms with E-state index in [0.717, 1.165) is 12.0 Å². The first-order valence-corrected chi connectivity index (χ1v) is 10.6. The van der Waals surface area contributed by atoms with Gasteiger partial charge in [0.2, 0.25) is 5.91 Å². The van der Waals surface area contributed by atoms with E-state index in [0.29, 0.717) is 43.6 Å². The number of morpholine rings is 1. The third-order valence-corrected chi connectivity index (χ3v) is 6.23. The Hall–Kier alpha value is -2.91. The van der Waals surface area contributed by atoms with Gasteiger partial charge in [-0.3, -0.25) is 4.79 Å². The fraction of sp³-hybridized carbons (Fsp3) is 0.429. The summed E-state index contributed by atoms with van der Waals surface area (Å²) in [6.45, 7) is 2.60. The summed E-state index contributed by atoms with van der Waals surface area (Å²) >= 11 is 5.97. The Morgan fingerprint density at radius 1 is 1.16 bits per heavy atom. The first-order valence-electron chi connectivity index (χ1n) is 10.3. The van der Waals surface area contributed by atoms with E-state index < -0.39 is 0 Å². The molecule has 3 aliphatic heterocycles. The average Bonchev–Trinajstić information content (AvgIpc) is 2.75. The van der Waals surface area contributed by atoms with Crippen molar-refractivity contribution in [2.24, 2.45) is 0 Å². The molecule has 3 saturated heterocycles. The van der Waals surface area contributed by atoms with E-state index in [9.17, 15) is 9.59 Å². The van der Waals surface area contributed by atoms with Gasteiger partial charge in [0.15, 0.2) is 10.9 Å². The summed E-state index contributed by atoms with van der Waals surface area (Å²) in [7, 11) is 0. The highest BCUT2D eigenvalue weighted by Crippen LogP contribution is 2.32. The van der Waals surface area contributed by atoms with Gasteiger partial charge in [-0.15, -0.1) is 5.10 Å². The number of piperidine rings is 1. The number of amides is 3. The van der Waals surface area contributed by atoms with Gasteiger partial charge in [0.25, 0.3) is 0 Å². The molecule has 0 spiro atoms. The fourth-order valence-corrected chi connectivity index (χ4v) is 4.38. The van der Waals surface area contributed by atoms with Gasteiger partial charge in [-0.2, -0.15) is 5.10 Å². The zero-order valence-electron chi connectivity index (χ0n) is 16.7. The maximum Gasteiger partial charge on any atom is 0.320 e. The molecule has 0 saturated carbocycles. The minimum Gasteiger partial charge on any atom is -0.454 e. The number of urea groups is 1. The number of rotatable bonds is 3. The van der Waals surface area contributed by atoms with Crippen molar-refractivity contribution < 1.29 is 19.1 Å². The predicted molar refractivity (Wildman–Crippen MR) is 111 cm³/mol. The molecule has 2 atom stereocenters. The lowest BCUT2D eigenvalue weighted by molar-refractivity contribution is -0.139. The smallest absolute Gasteiger partial charge is 0.320 e. The van der Waals surface area contributed by atoms with Crippen molar-refractivity contribution in [2.75, 3.05) is 32.8 Å². The number of nitrogens with zero attached hydrogens (tertiary/aromatic N) is 4. The number of halogens is 1. The Balaban J connectivity index is 1.14. The van der Waals surface area contributed by atoms with Crippen molar-refractivity contribution in [3.05, 3.63) is 47.2 Å². The number of carbonyl (C=O) groups is 2. The van der Waals surface area contributed by atoms with Gasteiger partial charge in [-0.05, 0) is 24.1 Å². The van der Waals surface area contributed by atoms with Gasteiger partial charge >= 0.3 is 6.03 Å². The molecule has 4 heterocycles. The lowest BCUT2D eigenvalue weighted by Crippen LogP contribution is -2.63. The van der Waals surface area contributed by atoms with Crippen molar-refractivity contribution in [2.45, 2.75) is 24.5 Å². The number of aromatic nitrogens is 2. The Morgan fingerprint density at radius 3 is 2.74 bits per heavy atom. The molecule has 0 unspecified atom stereocenters. The molecule has 5 rings (SSSR count). The highest BCUT2D eigenvalue weighted by Gasteiger charge is 2.40. The number of benzene rings is 1. The van der Waals surface area contributed by atoms with Gasteiger partial charge in [0.05, 0.1) is 18.3 Å². The zero-order chi connectivity index (χ0) is 21.4. The summed E-state index contributed by atoms with van der Waals surface area (Å²) in [6.07, 6.45) is 2.27. The molecule has 1 N–H and O–H groups in total. The third-order valence-electron chi connectivity index (χ3n) is 5.97. The summed E-state index contributed by atoms with van der Waals surface area (Å²) < 4.78 is 11.3. The van der Waals surface area contributed by atoms with E-state index in [1.54, 1.807) is 6.07 Å². The zero-order valence-corrected chi connectivity index (χ0v) is 17.5. The number of hydrogen-bond donors (Lipinski definition) is 1. The third kappa shape index (κ3) is 4.15. The Labute approximate surface area is 184 Å². The van der Waals surface area contributed by atoms with Crippen molar-refractivity contribution >= 4 is 23.5 Å². The molecule has 0 radical (unpaired) electrons. The first-order chi connectivity index (χ1) is 15.1. The van der Waals surface area contributed by atoms with Crippen LogP contribution in [0.15, 0.2) is 36.5 Å². The predicted octanol–water partition coefficient (Wildman–Crippen LogP) is 2.03. The van der Waals surface area contributed by atoms with Gasteiger partial charge in [-0.25, -0.2) is 4.79 Å². The van der Waals surface area contributed by atoms with Crippen molar-refractivity contribution in [1.82, 2.24) is 25.3 Å². The molecular formula is C21H22ClN5O4. The van der Waals surface area contributed by atoms with Crippen molar-refractivity contribution in [3.63, 3.8) is 0 Å². The van der Waals surface area contributed by atoms with Crippen LogP contribution >= 0.6 is 11.6 Å². The fourth-order valence-electron chi connectivity index (χ4n) is 4.23. The van der Waals surface area contributed by atoms with E-state index in [1.165, 1.54) is 6.20 Å². The monoisotopic (exact) mass is 443 g/mol. The van der Waals surface area contributed by atoms with Crippen LogP contribution < -0.4 is 10.1 Å². The van der Waals surface area contributed by atoms with Gasteiger partial charge < -0.3 is 24.6 Å². The number of hydrogen-bond acceptors (Lipinski definition) is 6. The second kappa shape index (κ2) is 8.32. The molecule has 0 bridgehead atoms. The van der Waals surface area contributed by atoms with Crippen LogP contribution in [0.5, 0.6) is 11.5 Å². The highest BCUT2D eigenvalue weighted by atomic mass is 35.5. The lowest BCUT2D eigenvalue weighted by atomic mass is 9.91. The molecule has 162 valence electrons. The normalized spacial score (nSPS) is 23.6. The van der Waals surface area contributed by atoms with Crippen LogP contribution in [0, 0.1) is 0 Å². The van der Waals surface area contributed by atoms with Crippen LogP contribution in [-0.2, 0) is 9.53 Å². The molecule has 3 amide bonds. The van der Waals surface area contributed by atoms with E-state index in [4.69, 9.17) is 21.1 Å². The van der Waals surface area contributed by atoms with E-state index >= 15 is 0 Å². The minimum atomic E-state index is -0.118. The van der Waals surface area contributed by atoms with Crippen molar-refractivity contribution in [3.8, 4) is 11.5 Å². The van der Waals surface area contributed by atoms with Crippen LogP contribution in [0.3, 0.4) is 0 Å². The highest BCUT2D eigenvalue weighted by molar-refractivity contribution is 6.30. The molecule has 0 aliphatic carbocycles. The molecule has 9 nitrogen and oxygen atoms in total. The van der Waals surface area contributed by atoms with Crippen LogP contribution in [0.4, 0.5) is 4.79 Å². The second-order valence-electron chi connectivity index (χ2n) is 8.00. The van der Waals surface area contributed by atoms with Gasteiger partial charge in [-0.1, -0.05) is 23.7 Å². The largest absolute Gasteiger partial charge is 0.454 e. The van der Waals surface area contributed by atoms with Crippen LogP contribution in [0.1, 0.15) is 17.9 Å². The minimum absolute atomic E-state index is 0.00411. The number of nitrogens with one attached hydrogen (secondary N) is 1. The number of carbonyl (C=O) groups excluding carboxylic acids is 2. The summed E-state index contributed by atoms with van der Waals surface area (Å²) in [5, 5.41) is 10.6. The summed E-state index contributed by atoms with van der Waals surface area (Å²) in [4.78, 5) is 28.1. The van der Waals surface area contributed by atoms with Crippen LogP contribution in [-0.4, -0.2) is 76.9 Å². The van der Waals surface area contributed by atoms with E-state index in [1.807, 2.05) is 34.1 Å². The van der Waals surface area contributed by atoms with Crippen molar-refractivity contribution in [1.29, 1.82) is 0 Å². The molecule has 1 aromatic heterocycles. The molecule has 2 aromatic rings. The Morgan fingerprint density at radius 2 is 1.97 bits per heavy atom. The molecule has 3 fully saturated rings. The SMILES string of the molecule is O=C1CO[C@H]2CCN(C(=O)N3CC(c4ccc(Oc5ccnnc5Cl)cc4)C3)C[C@H]2N1. The number of fused-ring (bicyclic) bond motifs is 1. The van der Waals surface area contributed by atoms with E-state index in [-0.39, 0.29) is 35.8 Å². The number of ether oxygens (including phenoxy) is 2. The Kier molecular flexibility index (Phi) is 5.37. The molecule has 31 heavy (non-hydrogen) atoms. The maximum atomic E-state index is 12.9. The molecule has 10 heteroatoms. The lowest BCUT2D eigenvalue weighted by Gasteiger charge is -2.46. The van der Waals surface area contributed by atoms with Gasteiger partial charge in [0.1, 0.15) is 12.4 Å². The molecule has 1 aromatic carbocycles. The summed E-state index contributed by atoms with van der Waals surface area (Å²) in [5.41, 5.74) is 1.15.